The zero-order valence-electron chi connectivity index (χ0n) is 11.5. The summed E-state index contributed by atoms with van der Waals surface area (Å²) in [7, 11) is -3.22. The van der Waals surface area contributed by atoms with Gasteiger partial charge in [-0.1, -0.05) is 31.5 Å². The van der Waals surface area contributed by atoms with Crippen molar-refractivity contribution >= 4 is 15.7 Å². The lowest BCUT2D eigenvalue weighted by Crippen LogP contribution is -2.43. The number of carbonyl (C=O) groups excluding carboxylic acids is 1. The third-order valence-electron chi connectivity index (χ3n) is 3.56. The van der Waals surface area contributed by atoms with Crippen LogP contribution in [-0.2, 0) is 14.6 Å². The number of amides is 1. The predicted molar refractivity (Wildman–Crippen MR) is 76.9 cm³/mol. The van der Waals surface area contributed by atoms with Crippen LogP contribution in [0, 0.1) is 0 Å². The Balaban J connectivity index is 2.21. The van der Waals surface area contributed by atoms with Gasteiger partial charge in [-0.15, -0.1) is 0 Å². The van der Waals surface area contributed by atoms with E-state index in [2.05, 4.69) is 5.32 Å². The van der Waals surface area contributed by atoms with E-state index in [1.807, 2.05) is 6.92 Å². The smallest absolute Gasteiger partial charge is 0.237 e. The number of sulfone groups is 1. The van der Waals surface area contributed by atoms with Crippen LogP contribution in [0.1, 0.15) is 37.8 Å². The molecular formula is C14H20N2O3S. The molecule has 3 N–H and O–H groups in total. The Kier molecular flexibility index (Phi) is 4.45. The van der Waals surface area contributed by atoms with Crippen LogP contribution in [0.3, 0.4) is 0 Å². The molecule has 0 spiro atoms. The molecule has 6 heteroatoms. The van der Waals surface area contributed by atoms with E-state index in [1.165, 1.54) is 0 Å². The molecule has 0 aromatic heterocycles. The minimum Gasteiger partial charge on any atom is -0.348 e. The van der Waals surface area contributed by atoms with Crippen LogP contribution in [0.5, 0.6) is 0 Å². The number of fused-ring (bicyclic) bond motifs is 1. The molecule has 0 fully saturated rings. The summed E-state index contributed by atoms with van der Waals surface area (Å²) in [5, 5.41) is 2.87. The minimum atomic E-state index is -3.22. The van der Waals surface area contributed by atoms with E-state index in [0.717, 1.165) is 6.42 Å². The highest BCUT2D eigenvalue weighted by Gasteiger charge is 2.31. The van der Waals surface area contributed by atoms with Crippen molar-refractivity contribution in [2.45, 2.75) is 43.2 Å². The van der Waals surface area contributed by atoms with Gasteiger partial charge in [0, 0.05) is 0 Å². The maximum absolute atomic E-state index is 12.0. The molecular weight excluding hydrogens is 276 g/mol. The van der Waals surface area contributed by atoms with Crippen molar-refractivity contribution in [3.05, 3.63) is 29.8 Å². The van der Waals surface area contributed by atoms with Crippen molar-refractivity contribution < 1.29 is 13.2 Å². The van der Waals surface area contributed by atoms with Crippen molar-refractivity contribution in [1.29, 1.82) is 0 Å². The summed E-state index contributed by atoms with van der Waals surface area (Å²) >= 11 is 0. The topological polar surface area (TPSA) is 89.3 Å². The molecule has 0 aliphatic carbocycles. The van der Waals surface area contributed by atoms with Crippen molar-refractivity contribution in [3.8, 4) is 0 Å². The van der Waals surface area contributed by atoms with Crippen molar-refractivity contribution in [1.82, 2.24) is 5.32 Å². The van der Waals surface area contributed by atoms with Gasteiger partial charge in [0.2, 0.25) is 5.91 Å². The normalized spacial score (nSPS) is 21.8. The molecule has 2 atom stereocenters. The lowest BCUT2D eigenvalue weighted by Gasteiger charge is -2.27. The van der Waals surface area contributed by atoms with E-state index in [1.54, 1.807) is 24.3 Å². The summed E-state index contributed by atoms with van der Waals surface area (Å²) in [5.41, 5.74) is 6.45. The average molecular weight is 296 g/mol. The highest BCUT2D eigenvalue weighted by molar-refractivity contribution is 7.91. The highest BCUT2D eigenvalue weighted by atomic mass is 32.2. The third-order valence-corrected chi connectivity index (χ3v) is 5.37. The van der Waals surface area contributed by atoms with Crippen LogP contribution in [0.2, 0.25) is 0 Å². The molecule has 1 amide bonds. The Hall–Kier alpha value is -1.40. The molecule has 1 aromatic carbocycles. The van der Waals surface area contributed by atoms with Crippen LogP contribution >= 0.6 is 0 Å². The van der Waals surface area contributed by atoms with Crippen LogP contribution in [0.4, 0.5) is 0 Å². The van der Waals surface area contributed by atoms with Gasteiger partial charge < -0.3 is 11.1 Å². The first kappa shape index (κ1) is 15.0. The number of hydrogen-bond acceptors (Lipinski definition) is 4. The Morgan fingerprint density at radius 1 is 1.45 bits per heavy atom. The second-order valence-electron chi connectivity index (χ2n) is 5.10. The SMILES string of the molecule is CCCC(N)C(=O)NC1CCS(=O)(=O)c2ccccc21. The molecule has 1 heterocycles. The van der Waals surface area contributed by atoms with Gasteiger partial charge in [-0.25, -0.2) is 8.42 Å². The number of benzene rings is 1. The van der Waals surface area contributed by atoms with Gasteiger partial charge in [-0.05, 0) is 24.5 Å². The van der Waals surface area contributed by atoms with E-state index in [0.29, 0.717) is 23.3 Å². The molecule has 1 aromatic rings. The number of nitrogens with one attached hydrogen (secondary N) is 1. The molecule has 1 aliphatic rings. The Morgan fingerprint density at radius 2 is 2.15 bits per heavy atom. The first-order valence-corrected chi connectivity index (χ1v) is 8.48. The van der Waals surface area contributed by atoms with Crippen LogP contribution in [0.25, 0.3) is 0 Å². The first-order chi connectivity index (χ1) is 9.45. The number of hydrogen-bond donors (Lipinski definition) is 2. The van der Waals surface area contributed by atoms with Crippen molar-refractivity contribution in [2.75, 3.05) is 5.75 Å². The van der Waals surface area contributed by atoms with Gasteiger partial charge in [-0.2, -0.15) is 0 Å². The molecule has 0 saturated carbocycles. The molecule has 2 rings (SSSR count). The number of nitrogens with two attached hydrogens (primary N) is 1. The van der Waals surface area contributed by atoms with Crippen LogP contribution in [0.15, 0.2) is 29.2 Å². The second kappa shape index (κ2) is 5.93. The van der Waals surface area contributed by atoms with Gasteiger partial charge in [0.05, 0.1) is 22.7 Å². The fourth-order valence-corrected chi connectivity index (χ4v) is 4.08. The van der Waals surface area contributed by atoms with Gasteiger partial charge >= 0.3 is 0 Å². The fourth-order valence-electron chi connectivity index (χ4n) is 2.46. The minimum absolute atomic E-state index is 0.0535. The molecule has 2 unspecified atom stereocenters. The van der Waals surface area contributed by atoms with Crippen molar-refractivity contribution in [2.24, 2.45) is 5.73 Å². The molecule has 0 bridgehead atoms. The second-order valence-corrected chi connectivity index (χ2v) is 7.18. The lowest BCUT2D eigenvalue weighted by molar-refractivity contribution is -0.123. The quantitative estimate of drug-likeness (QED) is 0.872. The summed E-state index contributed by atoms with van der Waals surface area (Å²) in [5.74, 6) is -0.163. The van der Waals surface area contributed by atoms with Crippen molar-refractivity contribution in [3.63, 3.8) is 0 Å². The van der Waals surface area contributed by atoms with Gasteiger partial charge in [-0.3, -0.25) is 4.79 Å². The van der Waals surface area contributed by atoms with Gasteiger partial charge in [0.15, 0.2) is 9.84 Å². The molecule has 0 saturated heterocycles. The Bertz CT molecular complexity index is 598. The third kappa shape index (κ3) is 3.02. The monoisotopic (exact) mass is 296 g/mol. The van der Waals surface area contributed by atoms with E-state index < -0.39 is 15.9 Å². The Labute approximate surface area is 119 Å². The number of rotatable bonds is 4. The summed E-state index contributed by atoms with van der Waals surface area (Å²) < 4.78 is 24.0. The molecule has 0 radical (unpaired) electrons. The van der Waals surface area contributed by atoms with E-state index >= 15 is 0 Å². The van der Waals surface area contributed by atoms with Crippen LogP contribution < -0.4 is 11.1 Å². The zero-order chi connectivity index (χ0) is 14.8. The zero-order valence-corrected chi connectivity index (χ0v) is 12.3. The van der Waals surface area contributed by atoms with E-state index in [9.17, 15) is 13.2 Å². The van der Waals surface area contributed by atoms with E-state index in [4.69, 9.17) is 5.73 Å². The maximum atomic E-state index is 12.0. The summed E-state index contributed by atoms with van der Waals surface area (Å²) in [6.07, 6.45) is 1.85. The number of carbonyl (C=O) groups is 1. The fraction of sp³-hybridized carbons (Fsp3) is 0.500. The van der Waals surface area contributed by atoms with Gasteiger partial charge in [0.25, 0.3) is 0 Å². The molecule has 20 heavy (non-hydrogen) atoms. The molecule has 110 valence electrons. The molecule has 1 aliphatic heterocycles. The predicted octanol–water partition coefficient (Wildman–Crippen LogP) is 1.15. The summed E-state index contributed by atoms with van der Waals surface area (Å²) in [4.78, 5) is 12.3. The Morgan fingerprint density at radius 3 is 2.85 bits per heavy atom. The van der Waals surface area contributed by atoms with Gasteiger partial charge in [0.1, 0.15) is 0 Å². The first-order valence-electron chi connectivity index (χ1n) is 6.83. The van der Waals surface area contributed by atoms with Crippen LogP contribution in [-0.4, -0.2) is 26.1 Å². The average Bonchev–Trinajstić information content (AvgIpc) is 2.42. The van der Waals surface area contributed by atoms with E-state index in [-0.39, 0.29) is 17.7 Å². The standard InChI is InChI=1S/C14H20N2O3S/c1-2-5-11(15)14(17)16-12-8-9-20(18,19)13-7-4-3-6-10(12)13/h3-4,6-7,11-12H,2,5,8-9,15H2,1H3,(H,16,17). The largest absolute Gasteiger partial charge is 0.348 e. The molecule has 5 nitrogen and oxygen atoms in total. The lowest BCUT2D eigenvalue weighted by atomic mass is 10.0. The highest BCUT2D eigenvalue weighted by Crippen LogP contribution is 2.31. The summed E-state index contributed by atoms with van der Waals surface area (Å²) in [6, 6.07) is 6.02. The maximum Gasteiger partial charge on any atom is 0.237 e. The summed E-state index contributed by atoms with van der Waals surface area (Å²) in [6.45, 7) is 1.97.